The Kier molecular flexibility index (Phi) is 3.11. The molecule has 2 aromatic heterocycles. The number of aromatic amines is 1. The fraction of sp³-hybridized carbons (Fsp3) is 0.188. The Morgan fingerprint density at radius 1 is 1.27 bits per heavy atom. The van der Waals surface area contributed by atoms with Crippen LogP contribution in [0.5, 0.6) is 0 Å². The summed E-state index contributed by atoms with van der Waals surface area (Å²) in [6, 6.07) is 10.2. The number of carbonyl (C=O) groups is 1. The van der Waals surface area contributed by atoms with Gasteiger partial charge in [-0.05, 0) is 18.6 Å². The number of aromatic nitrogens is 3. The van der Waals surface area contributed by atoms with Crippen LogP contribution < -0.4 is 5.32 Å². The van der Waals surface area contributed by atoms with Crippen LogP contribution in [0.1, 0.15) is 22.1 Å². The third-order valence-electron chi connectivity index (χ3n) is 3.84. The summed E-state index contributed by atoms with van der Waals surface area (Å²) in [7, 11) is 0. The van der Waals surface area contributed by atoms with E-state index in [1.165, 1.54) is 0 Å². The maximum Gasteiger partial charge on any atom is 0.235 e. The van der Waals surface area contributed by atoms with Crippen LogP contribution in [0, 0.1) is 6.92 Å². The Morgan fingerprint density at radius 3 is 3.05 bits per heavy atom. The number of para-hydroxylation sites is 1. The minimum atomic E-state index is -0.0200. The highest BCUT2D eigenvalue weighted by atomic mass is 32.2. The molecule has 1 aromatic carbocycles. The first-order valence-electron chi connectivity index (χ1n) is 7.04. The number of pyridine rings is 1. The van der Waals surface area contributed by atoms with Crippen molar-refractivity contribution in [1.29, 1.82) is 0 Å². The summed E-state index contributed by atoms with van der Waals surface area (Å²) in [5.41, 5.74) is 4.10. The maximum absolute atomic E-state index is 11.9. The van der Waals surface area contributed by atoms with Crippen LogP contribution in [0.4, 0.5) is 5.82 Å². The van der Waals surface area contributed by atoms with Crippen molar-refractivity contribution in [2.45, 2.75) is 12.2 Å². The fourth-order valence-electron chi connectivity index (χ4n) is 2.85. The van der Waals surface area contributed by atoms with Crippen molar-refractivity contribution in [2.24, 2.45) is 0 Å². The molecule has 0 saturated heterocycles. The van der Waals surface area contributed by atoms with E-state index in [4.69, 9.17) is 0 Å². The zero-order valence-electron chi connectivity index (χ0n) is 12.0. The van der Waals surface area contributed by atoms with Crippen molar-refractivity contribution in [3.05, 3.63) is 53.3 Å². The molecule has 1 amide bonds. The number of benzene rings is 1. The van der Waals surface area contributed by atoms with E-state index in [0.29, 0.717) is 11.6 Å². The van der Waals surface area contributed by atoms with E-state index < -0.39 is 0 Å². The van der Waals surface area contributed by atoms with Crippen LogP contribution in [0.3, 0.4) is 0 Å². The van der Waals surface area contributed by atoms with Crippen LogP contribution in [0.15, 0.2) is 36.5 Å². The molecule has 110 valence electrons. The van der Waals surface area contributed by atoms with Gasteiger partial charge in [0.15, 0.2) is 5.82 Å². The molecule has 0 radical (unpaired) electrons. The van der Waals surface area contributed by atoms with Gasteiger partial charge in [-0.1, -0.05) is 24.3 Å². The van der Waals surface area contributed by atoms with E-state index in [-0.39, 0.29) is 11.2 Å². The van der Waals surface area contributed by atoms with Gasteiger partial charge in [0.1, 0.15) is 0 Å². The predicted molar refractivity (Wildman–Crippen MR) is 88.0 cm³/mol. The van der Waals surface area contributed by atoms with Gasteiger partial charge in [0.05, 0.1) is 16.5 Å². The summed E-state index contributed by atoms with van der Waals surface area (Å²) in [5, 5.41) is 11.2. The van der Waals surface area contributed by atoms with Gasteiger partial charge < -0.3 is 5.32 Å². The minimum absolute atomic E-state index is 0.0200. The molecule has 1 atom stereocenters. The Labute approximate surface area is 131 Å². The highest BCUT2D eigenvalue weighted by Crippen LogP contribution is 2.43. The number of amides is 1. The second-order valence-corrected chi connectivity index (χ2v) is 6.37. The first-order valence-corrected chi connectivity index (χ1v) is 8.09. The van der Waals surface area contributed by atoms with Gasteiger partial charge in [-0.2, -0.15) is 5.10 Å². The standard InChI is InChI=1S/C16H14N4OS/c1-9-13-15(22-8-12(21)18-16(13)20-19-9)11-6-2-4-10-5-3-7-17-14(10)11/h2-7,15H,8H2,1H3,(H2,18,19,20,21). The molecular formula is C16H14N4OS. The Hall–Kier alpha value is -2.34. The summed E-state index contributed by atoms with van der Waals surface area (Å²) in [6.45, 7) is 1.98. The number of hydrogen-bond acceptors (Lipinski definition) is 4. The molecule has 1 aliphatic rings. The fourth-order valence-corrected chi connectivity index (χ4v) is 4.06. The third kappa shape index (κ3) is 2.07. The summed E-state index contributed by atoms with van der Waals surface area (Å²) >= 11 is 1.61. The van der Waals surface area contributed by atoms with Gasteiger partial charge >= 0.3 is 0 Å². The zero-order chi connectivity index (χ0) is 15.1. The lowest BCUT2D eigenvalue weighted by molar-refractivity contribution is -0.113. The highest BCUT2D eigenvalue weighted by Gasteiger charge is 2.29. The number of carbonyl (C=O) groups excluding carboxylic acids is 1. The van der Waals surface area contributed by atoms with Crippen LogP contribution in [-0.2, 0) is 4.79 Å². The molecule has 3 aromatic rings. The topological polar surface area (TPSA) is 70.7 Å². The molecule has 0 spiro atoms. The van der Waals surface area contributed by atoms with Gasteiger partial charge in [-0.25, -0.2) is 0 Å². The number of aryl methyl sites for hydroxylation is 1. The molecule has 3 heterocycles. The van der Waals surface area contributed by atoms with Crippen molar-refractivity contribution < 1.29 is 4.79 Å². The first kappa shape index (κ1) is 13.3. The van der Waals surface area contributed by atoms with Crippen molar-refractivity contribution in [3.8, 4) is 0 Å². The SMILES string of the molecule is Cc1[nH]nc2c1C(c1cccc3cccnc13)SCC(=O)N2. The molecule has 1 aliphatic heterocycles. The normalized spacial score (nSPS) is 17.9. The van der Waals surface area contributed by atoms with Gasteiger partial charge in [-0.15, -0.1) is 11.8 Å². The number of nitrogens with zero attached hydrogens (tertiary/aromatic N) is 2. The molecule has 22 heavy (non-hydrogen) atoms. The predicted octanol–water partition coefficient (Wildman–Crippen LogP) is 3.04. The number of nitrogens with one attached hydrogen (secondary N) is 2. The summed E-state index contributed by atoms with van der Waals surface area (Å²) in [5.74, 6) is 1.02. The maximum atomic E-state index is 11.9. The zero-order valence-corrected chi connectivity index (χ0v) is 12.8. The number of thioether (sulfide) groups is 1. The van der Waals surface area contributed by atoms with Crippen LogP contribution in [0.25, 0.3) is 10.9 Å². The van der Waals surface area contributed by atoms with E-state index in [9.17, 15) is 4.79 Å². The van der Waals surface area contributed by atoms with E-state index in [2.05, 4.69) is 38.7 Å². The monoisotopic (exact) mass is 310 g/mol. The van der Waals surface area contributed by atoms with E-state index in [1.807, 2.05) is 19.1 Å². The lowest BCUT2D eigenvalue weighted by atomic mass is 10.0. The molecule has 4 rings (SSSR count). The lowest BCUT2D eigenvalue weighted by Gasteiger charge is -2.16. The second-order valence-electron chi connectivity index (χ2n) is 5.27. The summed E-state index contributed by atoms with van der Waals surface area (Å²) < 4.78 is 0. The second kappa shape index (κ2) is 5.14. The molecule has 0 aliphatic carbocycles. The van der Waals surface area contributed by atoms with Gasteiger partial charge in [0, 0.05) is 22.8 Å². The number of H-pyrrole nitrogens is 1. The lowest BCUT2D eigenvalue weighted by Crippen LogP contribution is -2.12. The molecule has 2 N–H and O–H groups in total. The highest BCUT2D eigenvalue weighted by molar-refractivity contribution is 8.00. The van der Waals surface area contributed by atoms with Crippen LogP contribution in [-0.4, -0.2) is 26.8 Å². The molecule has 0 bridgehead atoms. The molecular weight excluding hydrogens is 296 g/mol. The first-order chi connectivity index (χ1) is 10.7. The Balaban J connectivity index is 1.94. The average Bonchev–Trinajstić information content (AvgIpc) is 2.79. The third-order valence-corrected chi connectivity index (χ3v) is 5.09. The Morgan fingerprint density at radius 2 is 2.14 bits per heavy atom. The van der Waals surface area contributed by atoms with Crippen molar-refractivity contribution in [3.63, 3.8) is 0 Å². The van der Waals surface area contributed by atoms with Crippen molar-refractivity contribution >= 4 is 34.4 Å². The van der Waals surface area contributed by atoms with Crippen molar-refractivity contribution in [1.82, 2.24) is 15.2 Å². The van der Waals surface area contributed by atoms with E-state index in [1.54, 1.807) is 18.0 Å². The Bertz CT molecular complexity index is 868. The summed E-state index contributed by atoms with van der Waals surface area (Å²) in [4.78, 5) is 16.4. The average molecular weight is 310 g/mol. The quantitative estimate of drug-likeness (QED) is 0.725. The van der Waals surface area contributed by atoms with Gasteiger partial charge in [-0.3, -0.25) is 14.9 Å². The number of hydrogen-bond donors (Lipinski definition) is 2. The number of anilines is 1. The van der Waals surface area contributed by atoms with Crippen LogP contribution >= 0.6 is 11.8 Å². The van der Waals surface area contributed by atoms with E-state index in [0.717, 1.165) is 27.7 Å². The molecule has 0 saturated carbocycles. The van der Waals surface area contributed by atoms with Gasteiger partial charge in [0.2, 0.25) is 5.91 Å². The van der Waals surface area contributed by atoms with Crippen molar-refractivity contribution in [2.75, 3.05) is 11.1 Å². The summed E-state index contributed by atoms with van der Waals surface area (Å²) in [6.07, 6.45) is 1.81. The minimum Gasteiger partial charge on any atom is -0.308 e. The number of fused-ring (bicyclic) bond motifs is 2. The molecule has 6 heteroatoms. The van der Waals surface area contributed by atoms with Crippen LogP contribution in [0.2, 0.25) is 0 Å². The van der Waals surface area contributed by atoms with Gasteiger partial charge in [0.25, 0.3) is 0 Å². The smallest absolute Gasteiger partial charge is 0.235 e. The number of rotatable bonds is 1. The van der Waals surface area contributed by atoms with E-state index >= 15 is 0 Å². The molecule has 1 unspecified atom stereocenters. The molecule has 0 fully saturated rings. The largest absolute Gasteiger partial charge is 0.308 e. The molecule has 5 nitrogen and oxygen atoms in total.